The largest absolute Gasteiger partial charge is 0.495 e. The lowest BCUT2D eigenvalue weighted by atomic mass is 9.81. The third kappa shape index (κ3) is 2.35. The van der Waals surface area contributed by atoms with E-state index < -0.39 is 0 Å². The third-order valence-electron chi connectivity index (χ3n) is 4.43. The fourth-order valence-corrected chi connectivity index (χ4v) is 3.72. The molecule has 0 aliphatic carbocycles. The SMILES string of the molecule is CNC(c1ccc(Cl)c(OC)c1)C1CC2CCC1O2. The maximum Gasteiger partial charge on any atom is 0.137 e. The molecule has 3 rings (SSSR count). The first-order chi connectivity index (χ1) is 9.22. The molecule has 2 heterocycles. The number of benzene rings is 1. The second-order valence-electron chi connectivity index (χ2n) is 5.43. The highest BCUT2D eigenvalue weighted by Gasteiger charge is 2.44. The van der Waals surface area contributed by atoms with Crippen LogP contribution in [-0.2, 0) is 4.74 Å². The number of rotatable bonds is 4. The van der Waals surface area contributed by atoms with Crippen molar-refractivity contribution in [2.24, 2.45) is 5.92 Å². The normalized spacial score (nSPS) is 30.6. The molecule has 0 spiro atoms. The van der Waals surface area contributed by atoms with Crippen LogP contribution in [0.5, 0.6) is 5.75 Å². The Hall–Kier alpha value is -0.770. The van der Waals surface area contributed by atoms with Gasteiger partial charge in [0.1, 0.15) is 5.75 Å². The minimum absolute atomic E-state index is 0.307. The molecule has 4 unspecified atom stereocenters. The summed E-state index contributed by atoms with van der Waals surface area (Å²) in [6.45, 7) is 0. The van der Waals surface area contributed by atoms with Crippen LogP contribution in [0.1, 0.15) is 30.9 Å². The van der Waals surface area contributed by atoms with E-state index in [1.165, 1.54) is 18.4 Å². The Morgan fingerprint density at radius 2 is 2.26 bits per heavy atom. The lowest BCUT2D eigenvalue weighted by molar-refractivity contribution is 0.0863. The molecule has 1 N–H and O–H groups in total. The Morgan fingerprint density at radius 1 is 1.42 bits per heavy atom. The zero-order valence-corrected chi connectivity index (χ0v) is 12.1. The van der Waals surface area contributed by atoms with Crippen LogP contribution in [0, 0.1) is 5.92 Å². The average molecular weight is 282 g/mol. The first-order valence-electron chi connectivity index (χ1n) is 6.89. The topological polar surface area (TPSA) is 30.5 Å². The number of ether oxygens (including phenoxy) is 2. The molecule has 2 saturated heterocycles. The van der Waals surface area contributed by atoms with Gasteiger partial charge >= 0.3 is 0 Å². The number of methoxy groups -OCH3 is 1. The van der Waals surface area contributed by atoms with E-state index in [2.05, 4.69) is 11.4 Å². The molecule has 4 atom stereocenters. The molecule has 2 fully saturated rings. The molecule has 1 aromatic rings. The minimum atomic E-state index is 0.307. The highest BCUT2D eigenvalue weighted by Crippen LogP contribution is 2.45. The molecule has 2 aliphatic heterocycles. The highest BCUT2D eigenvalue weighted by atomic mass is 35.5. The minimum Gasteiger partial charge on any atom is -0.495 e. The molecule has 4 heteroatoms. The molecule has 0 radical (unpaired) electrons. The van der Waals surface area contributed by atoms with E-state index >= 15 is 0 Å². The molecule has 0 aromatic heterocycles. The van der Waals surface area contributed by atoms with Crippen molar-refractivity contribution in [3.63, 3.8) is 0 Å². The van der Waals surface area contributed by atoms with Gasteiger partial charge in [-0.3, -0.25) is 0 Å². The van der Waals surface area contributed by atoms with Gasteiger partial charge in [-0.2, -0.15) is 0 Å². The van der Waals surface area contributed by atoms with Gasteiger partial charge in [-0.1, -0.05) is 17.7 Å². The van der Waals surface area contributed by atoms with Gasteiger partial charge in [0.25, 0.3) is 0 Å². The van der Waals surface area contributed by atoms with Gasteiger partial charge in [0.2, 0.25) is 0 Å². The summed E-state index contributed by atoms with van der Waals surface area (Å²) in [5, 5.41) is 4.09. The van der Waals surface area contributed by atoms with Gasteiger partial charge in [0, 0.05) is 12.0 Å². The molecule has 2 bridgehead atoms. The summed E-state index contributed by atoms with van der Waals surface area (Å²) in [4.78, 5) is 0. The molecule has 104 valence electrons. The zero-order chi connectivity index (χ0) is 13.4. The van der Waals surface area contributed by atoms with Crippen LogP contribution in [-0.4, -0.2) is 26.4 Å². The summed E-state index contributed by atoms with van der Waals surface area (Å²) in [6.07, 6.45) is 4.45. The van der Waals surface area contributed by atoms with Gasteiger partial charge in [0.05, 0.1) is 24.3 Å². The molecular weight excluding hydrogens is 262 g/mol. The predicted octanol–water partition coefficient (Wildman–Crippen LogP) is 3.18. The van der Waals surface area contributed by atoms with Gasteiger partial charge < -0.3 is 14.8 Å². The molecule has 19 heavy (non-hydrogen) atoms. The second-order valence-corrected chi connectivity index (χ2v) is 5.84. The van der Waals surface area contributed by atoms with Crippen LogP contribution in [0.25, 0.3) is 0 Å². The Kier molecular flexibility index (Phi) is 3.70. The lowest BCUT2D eigenvalue weighted by Crippen LogP contribution is -2.31. The molecule has 0 amide bonds. The van der Waals surface area contributed by atoms with Gasteiger partial charge in [-0.05, 0) is 44.0 Å². The van der Waals surface area contributed by atoms with Crippen LogP contribution in [0.4, 0.5) is 0 Å². The fourth-order valence-electron chi connectivity index (χ4n) is 3.53. The predicted molar refractivity (Wildman–Crippen MR) is 75.8 cm³/mol. The maximum absolute atomic E-state index is 6.10. The van der Waals surface area contributed by atoms with Crippen LogP contribution < -0.4 is 10.1 Å². The molecule has 1 aromatic carbocycles. The average Bonchev–Trinajstić information content (AvgIpc) is 3.04. The van der Waals surface area contributed by atoms with Crippen molar-refractivity contribution in [2.75, 3.05) is 14.2 Å². The van der Waals surface area contributed by atoms with Crippen molar-refractivity contribution in [1.29, 1.82) is 0 Å². The summed E-state index contributed by atoms with van der Waals surface area (Å²) in [6, 6.07) is 6.34. The summed E-state index contributed by atoms with van der Waals surface area (Å²) >= 11 is 6.10. The fraction of sp³-hybridized carbons (Fsp3) is 0.600. The van der Waals surface area contributed by atoms with E-state index in [4.69, 9.17) is 21.1 Å². The van der Waals surface area contributed by atoms with Crippen LogP contribution in [0.15, 0.2) is 18.2 Å². The van der Waals surface area contributed by atoms with Crippen LogP contribution in [0.2, 0.25) is 5.02 Å². The molecule has 0 saturated carbocycles. The first kappa shape index (κ1) is 13.2. The van der Waals surface area contributed by atoms with E-state index in [1.54, 1.807) is 7.11 Å². The number of hydrogen-bond donors (Lipinski definition) is 1. The van der Waals surface area contributed by atoms with Gasteiger partial charge in [0.15, 0.2) is 0 Å². The summed E-state index contributed by atoms with van der Waals surface area (Å²) in [5.74, 6) is 1.29. The number of hydrogen-bond acceptors (Lipinski definition) is 3. The van der Waals surface area contributed by atoms with Crippen molar-refractivity contribution in [1.82, 2.24) is 5.32 Å². The van der Waals surface area contributed by atoms with Crippen molar-refractivity contribution < 1.29 is 9.47 Å². The standard InChI is InChI=1S/C15H20ClNO2/c1-17-15(11-8-10-4-6-13(11)19-10)9-3-5-12(16)14(7-9)18-2/h3,5,7,10-11,13,15,17H,4,6,8H2,1-2H3. The zero-order valence-electron chi connectivity index (χ0n) is 11.4. The van der Waals surface area contributed by atoms with Crippen molar-refractivity contribution in [3.05, 3.63) is 28.8 Å². The summed E-state index contributed by atoms with van der Waals surface area (Å²) in [5.41, 5.74) is 1.23. The smallest absolute Gasteiger partial charge is 0.137 e. The molecule has 3 nitrogen and oxygen atoms in total. The number of fused-ring (bicyclic) bond motifs is 2. The van der Waals surface area contributed by atoms with Crippen LogP contribution >= 0.6 is 11.6 Å². The monoisotopic (exact) mass is 281 g/mol. The second kappa shape index (κ2) is 5.31. The Bertz CT molecular complexity index is 465. The van der Waals surface area contributed by atoms with E-state index in [9.17, 15) is 0 Å². The Balaban J connectivity index is 1.86. The molecule has 2 aliphatic rings. The third-order valence-corrected chi connectivity index (χ3v) is 4.74. The van der Waals surface area contributed by atoms with E-state index in [-0.39, 0.29) is 0 Å². The van der Waals surface area contributed by atoms with E-state index in [1.807, 2.05) is 19.2 Å². The van der Waals surface area contributed by atoms with Crippen LogP contribution in [0.3, 0.4) is 0 Å². The van der Waals surface area contributed by atoms with Gasteiger partial charge in [-0.25, -0.2) is 0 Å². The van der Waals surface area contributed by atoms with E-state index in [0.29, 0.717) is 29.2 Å². The first-order valence-corrected chi connectivity index (χ1v) is 7.27. The Morgan fingerprint density at radius 3 is 2.84 bits per heavy atom. The maximum atomic E-state index is 6.10. The molecular formula is C15H20ClNO2. The van der Waals surface area contributed by atoms with Crippen molar-refractivity contribution in [2.45, 2.75) is 37.5 Å². The summed E-state index contributed by atoms with van der Waals surface area (Å²) in [7, 11) is 3.66. The van der Waals surface area contributed by atoms with Gasteiger partial charge in [-0.15, -0.1) is 0 Å². The number of nitrogens with one attached hydrogen (secondary N) is 1. The summed E-state index contributed by atoms with van der Waals surface area (Å²) < 4.78 is 11.3. The lowest BCUT2D eigenvalue weighted by Gasteiger charge is -2.28. The van der Waals surface area contributed by atoms with Crippen molar-refractivity contribution in [3.8, 4) is 5.75 Å². The number of halogens is 1. The highest BCUT2D eigenvalue weighted by molar-refractivity contribution is 6.32. The quantitative estimate of drug-likeness (QED) is 0.919. The van der Waals surface area contributed by atoms with Crippen molar-refractivity contribution >= 4 is 11.6 Å². The van der Waals surface area contributed by atoms with E-state index in [0.717, 1.165) is 12.2 Å². The Labute approximate surface area is 119 Å².